The molecule has 1 aliphatic heterocycles. The highest BCUT2D eigenvalue weighted by Gasteiger charge is 2.37. The molecule has 10 nitrogen and oxygen atoms in total. The van der Waals surface area contributed by atoms with Gasteiger partial charge in [0.2, 0.25) is 5.95 Å². The van der Waals surface area contributed by atoms with Gasteiger partial charge in [-0.1, -0.05) is 14.8 Å². The highest BCUT2D eigenvalue weighted by molar-refractivity contribution is 9.10. The zero-order chi connectivity index (χ0) is 31.7. The zero-order valence-corrected chi connectivity index (χ0v) is 29.5. The topological polar surface area (TPSA) is 94.6 Å². The van der Waals surface area contributed by atoms with E-state index < -0.39 is 7.92 Å². The van der Waals surface area contributed by atoms with E-state index in [4.69, 9.17) is 9.72 Å². The first-order chi connectivity index (χ1) is 21.7. The molecule has 2 fully saturated rings. The van der Waals surface area contributed by atoms with Gasteiger partial charge in [-0.25, -0.2) is 4.98 Å². The van der Waals surface area contributed by atoms with Crippen molar-refractivity contribution in [3.05, 3.63) is 52.9 Å². The van der Waals surface area contributed by atoms with E-state index in [0.717, 1.165) is 44.4 Å². The first-order valence-electron chi connectivity index (χ1n) is 15.6. The first kappa shape index (κ1) is 31.9. The lowest BCUT2D eigenvalue weighted by Gasteiger charge is -2.49. The summed E-state index contributed by atoms with van der Waals surface area (Å²) >= 11 is 3.65. The van der Waals surface area contributed by atoms with Crippen molar-refractivity contribution in [3.63, 3.8) is 0 Å². The van der Waals surface area contributed by atoms with Gasteiger partial charge in [-0.3, -0.25) is 14.9 Å². The molecule has 2 aromatic heterocycles. The number of hydrogen-bond donors (Lipinski definition) is 2. The van der Waals surface area contributed by atoms with Crippen LogP contribution in [0.5, 0.6) is 5.75 Å². The van der Waals surface area contributed by atoms with Crippen LogP contribution in [0.4, 0.5) is 28.8 Å². The van der Waals surface area contributed by atoms with E-state index in [1.165, 1.54) is 50.3 Å². The van der Waals surface area contributed by atoms with Crippen molar-refractivity contribution in [2.45, 2.75) is 38.3 Å². The molecule has 1 saturated heterocycles. The number of anilines is 5. The fraction of sp³-hybridized carbons (Fsp3) is 0.455. The van der Waals surface area contributed by atoms with Gasteiger partial charge in [-0.05, 0) is 79.3 Å². The van der Waals surface area contributed by atoms with Gasteiger partial charge >= 0.3 is 0 Å². The molecular formula is C33H43BrN9OP. The van der Waals surface area contributed by atoms with Gasteiger partial charge in [0.15, 0.2) is 0 Å². The maximum atomic E-state index is 5.91. The van der Waals surface area contributed by atoms with E-state index in [1.807, 2.05) is 6.07 Å². The Bertz CT molecular complexity index is 1660. The van der Waals surface area contributed by atoms with Crippen LogP contribution in [0.15, 0.2) is 47.3 Å². The molecule has 1 aliphatic carbocycles. The Hall–Kier alpha value is -3.11. The summed E-state index contributed by atoms with van der Waals surface area (Å²) in [5.41, 5.74) is 6.10. The fourth-order valence-corrected chi connectivity index (χ4v) is 7.89. The SMILES string of the molecule is CCc1cc(Nc2ncc(Br)c(Nc3ccc4nccnc4c3P(C)C)n2)c(OC)cc1N(C)C1CC(N2CCN(C)CC2)C1. The van der Waals surface area contributed by atoms with E-state index in [9.17, 15) is 0 Å². The predicted molar refractivity (Wildman–Crippen MR) is 191 cm³/mol. The number of nitrogens with zero attached hydrogens (tertiary/aromatic N) is 7. The number of piperazine rings is 1. The summed E-state index contributed by atoms with van der Waals surface area (Å²) < 4.78 is 6.67. The number of aryl methyl sites for hydroxylation is 1. The summed E-state index contributed by atoms with van der Waals surface area (Å²) in [6, 6.07) is 9.61. The lowest BCUT2D eigenvalue weighted by Crippen LogP contribution is -2.57. The van der Waals surface area contributed by atoms with Gasteiger partial charge in [0, 0.05) is 86.6 Å². The van der Waals surface area contributed by atoms with Gasteiger partial charge < -0.3 is 25.2 Å². The highest BCUT2D eigenvalue weighted by atomic mass is 79.9. The van der Waals surface area contributed by atoms with Gasteiger partial charge in [0.25, 0.3) is 0 Å². The molecule has 0 bridgehead atoms. The van der Waals surface area contributed by atoms with Crippen LogP contribution in [0.25, 0.3) is 11.0 Å². The molecule has 2 aromatic carbocycles. The summed E-state index contributed by atoms with van der Waals surface area (Å²) in [5.74, 6) is 1.91. The van der Waals surface area contributed by atoms with E-state index in [1.54, 1.807) is 25.7 Å². The van der Waals surface area contributed by atoms with E-state index in [-0.39, 0.29) is 0 Å². The molecule has 0 atom stereocenters. The number of rotatable bonds is 10. The van der Waals surface area contributed by atoms with Crippen LogP contribution in [0.2, 0.25) is 0 Å². The van der Waals surface area contributed by atoms with Gasteiger partial charge in [-0.15, -0.1) is 0 Å². The molecule has 0 spiro atoms. The van der Waals surface area contributed by atoms with Gasteiger partial charge in [-0.2, -0.15) is 4.98 Å². The normalized spacial score (nSPS) is 19.0. The van der Waals surface area contributed by atoms with Crippen molar-refractivity contribution < 1.29 is 4.74 Å². The monoisotopic (exact) mass is 691 g/mol. The summed E-state index contributed by atoms with van der Waals surface area (Å²) in [6.45, 7) is 11.3. The second-order valence-electron chi connectivity index (χ2n) is 12.2. The predicted octanol–water partition coefficient (Wildman–Crippen LogP) is 5.82. The molecule has 2 aliphatic rings. The van der Waals surface area contributed by atoms with E-state index in [0.29, 0.717) is 23.8 Å². The van der Waals surface area contributed by atoms with Crippen molar-refractivity contribution in [2.75, 3.05) is 76.2 Å². The molecule has 6 rings (SSSR count). The minimum atomic E-state index is -0.464. The van der Waals surface area contributed by atoms with Crippen LogP contribution in [0.3, 0.4) is 0 Å². The largest absolute Gasteiger partial charge is 0.494 e. The third-order valence-corrected chi connectivity index (χ3v) is 11.1. The first-order valence-corrected chi connectivity index (χ1v) is 18.6. The van der Waals surface area contributed by atoms with Gasteiger partial charge in [0.05, 0.1) is 28.3 Å². The van der Waals surface area contributed by atoms with Gasteiger partial charge in [0.1, 0.15) is 11.6 Å². The summed E-state index contributed by atoms with van der Waals surface area (Å²) in [5, 5.41) is 8.14. The van der Waals surface area contributed by atoms with E-state index in [2.05, 4.69) is 109 Å². The number of ether oxygens (including phenoxy) is 1. The smallest absolute Gasteiger partial charge is 0.229 e. The molecule has 3 heterocycles. The second-order valence-corrected chi connectivity index (χ2v) is 15.3. The quantitative estimate of drug-likeness (QED) is 0.198. The van der Waals surface area contributed by atoms with Crippen molar-refractivity contribution >= 4 is 69.0 Å². The third-order valence-electron chi connectivity index (χ3n) is 9.16. The van der Waals surface area contributed by atoms with Crippen molar-refractivity contribution in [1.82, 2.24) is 29.7 Å². The molecule has 45 heavy (non-hydrogen) atoms. The fourth-order valence-electron chi connectivity index (χ4n) is 6.39. The van der Waals surface area contributed by atoms with Crippen LogP contribution >= 0.6 is 23.9 Å². The zero-order valence-electron chi connectivity index (χ0n) is 27.0. The molecule has 12 heteroatoms. The summed E-state index contributed by atoms with van der Waals surface area (Å²) in [7, 11) is 5.70. The number of benzene rings is 2. The minimum absolute atomic E-state index is 0.464. The number of methoxy groups -OCH3 is 1. The van der Waals surface area contributed by atoms with Crippen molar-refractivity contribution in [3.8, 4) is 5.75 Å². The number of fused-ring (bicyclic) bond motifs is 1. The second kappa shape index (κ2) is 13.7. The Labute approximate surface area is 275 Å². The average Bonchev–Trinajstić information content (AvgIpc) is 3.02. The number of halogens is 1. The lowest BCUT2D eigenvalue weighted by atomic mass is 9.83. The highest BCUT2D eigenvalue weighted by Crippen LogP contribution is 2.40. The Morgan fingerprint density at radius 2 is 1.78 bits per heavy atom. The third kappa shape index (κ3) is 6.73. The Morgan fingerprint density at radius 3 is 2.49 bits per heavy atom. The van der Waals surface area contributed by atoms with Crippen LogP contribution in [0.1, 0.15) is 25.3 Å². The van der Waals surface area contributed by atoms with Crippen molar-refractivity contribution in [2.24, 2.45) is 0 Å². The van der Waals surface area contributed by atoms with E-state index >= 15 is 0 Å². The number of hydrogen-bond acceptors (Lipinski definition) is 10. The summed E-state index contributed by atoms with van der Waals surface area (Å²) in [6.07, 6.45) is 8.56. The number of aromatic nitrogens is 4. The minimum Gasteiger partial charge on any atom is -0.494 e. The Kier molecular flexibility index (Phi) is 9.71. The van der Waals surface area contributed by atoms with Crippen LogP contribution in [-0.4, -0.2) is 103 Å². The average molecular weight is 693 g/mol. The molecule has 1 saturated carbocycles. The van der Waals surface area contributed by atoms with Crippen LogP contribution in [0, 0.1) is 0 Å². The molecule has 238 valence electrons. The Morgan fingerprint density at radius 1 is 1.02 bits per heavy atom. The summed E-state index contributed by atoms with van der Waals surface area (Å²) in [4.78, 5) is 26.1. The standard InChI is InChI=1S/C33H43BrN9OP/c1-7-21-16-27(29(44-4)19-28(21)42(3)22-17-23(18-22)43-14-12-41(2)13-15-43)39-33-37-20-24(34)32(40-33)38-26-9-8-25-30(31(26)45(5)6)36-11-10-35-25/h8-11,16,19-20,22-23H,7,12-15,17-18H2,1-6H3,(H2,37,38,39,40). The van der Waals surface area contributed by atoms with Crippen molar-refractivity contribution in [1.29, 1.82) is 0 Å². The molecule has 0 unspecified atom stereocenters. The van der Waals surface area contributed by atoms with Crippen LogP contribution < -0.4 is 25.6 Å². The molecular weight excluding hydrogens is 649 g/mol. The molecule has 0 amide bonds. The number of likely N-dealkylation sites (N-methyl/N-ethyl adjacent to an activating group) is 1. The number of nitrogens with one attached hydrogen (secondary N) is 2. The maximum absolute atomic E-state index is 5.91. The lowest BCUT2D eigenvalue weighted by molar-refractivity contribution is 0.0608. The maximum Gasteiger partial charge on any atom is 0.229 e. The molecule has 0 radical (unpaired) electrons. The molecule has 2 N–H and O–H groups in total. The molecule has 4 aromatic rings. The van der Waals surface area contributed by atoms with Crippen LogP contribution in [-0.2, 0) is 6.42 Å². The Balaban J connectivity index is 1.21.